The van der Waals surface area contributed by atoms with Gasteiger partial charge in [0.15, 0.2) is 0 Å². The van der Waals surface area contributed by atoms with Crippen LogP contribution in [0.15, 0.2) is 5.16 Å². The Morgan fingerprint density at radius 1 is 1.10 bits per heavy atom. The number of hydrogen-bond donors (Lipinski definition) is 0. The van der Waals surface area contributed by atoms with Crippen LogP contribution in [-0.4, -0.2) is 15.0 Å². The lowest BCUT2D eigenvalue weighted by Gasteiger charge is -1.94. The van der Waals surface area contributed by atoms with Crippen LogP contribution in [0.3, 0.4) is 0 Å². The standard InChI is InChI=1S/C5H6FN3S/c1-3-7-4(2)9-5(8-3)10-6/h1-2H3. The van der Waals surface area contributed by atoms with Gasteiger partial charge in [0.1, 0.15) is 23.8 Å². The number of hydrogen-bond acceptors (Lipinski definition) is 4. The van der Waals surface area contributed by atoms with Crippen LogP contribution in [0.1, 0.15) is 11.6 Å². The van der Waals surface area contributed by atoms with E-state index in [9.17, 15) is 3.89 Å². The number of halogens is 1. The molecule has 0 saturated carbocycles. The van der Waals surface area contributed by atoms with Gasteiger partial charge >= 0.3 is 0 Å². The van der Waals surface area contributed by atoms with Gasteiger partial charge in [-0.25, -0.2) is 15.0 Å². The normalized spacial score (nSPS) is 9.90. The van der Waals surface area contributed by atoms with Crippen molar-refractivity contribution in [2.45, 2.75) is 19.0 Å². The van der Waals surface area contributed by atoms with Gasteiger partial charge in [-0.05, 0) is 13.8 Å². The minimum Gasteiger partial charge on any atom is -0.219 e. The first-order valence-corrected chi connectivity index (χ1v) is 3.42. The van der Waals surface area contributed by atoms with E-state index in [4.69, 9.17) is 0 Å². The number of rotatable bonds is 1. The highest BCUT2D eigenvalue weighted by atomic mass is 32.2. The van der Waals surface area contributed by atoms with E-state index in [-0.39, 0.29) is 17.3 Å². The number of aromatic nitrogens is 3. The van der Waals surface area contributed by atoms with Crippen LogP contribution in [0.25, 0.3) is 0 Å². The van der Waals surface area contributed by atoms with Crippen molar-refractivity contribution in [3.63, 3.8) is 0 Å². The van der Waals surface area contributed by atoms with Gasteiger partial charge in [0.25, 0.3) is 0 Å². The summed E-state index contributed by atoms with van der Waals surface area (Å²) in [6.45, 7) is 3.41. The average Bonchev–Trinajstić information content (AvgIpc) is 1.85. The fourth-order valence-electron chi connectivity index (χ4n) is 0.621. The molecule has 0 aromatic carbocycles. The zero-order valence-electron chi connectivity index (χ0n) is 5.63. The molecule has 0 saturated heterocycles. The van der Waals surface area contributed by atoms with Crippen LogP contribution in [0.2, 0.25) is 0 Å². The van der Waals surface area contributed by atoms with Crippen molar-refractivity contribution in [3.8, 4) is 0 Å². The Hall–Kier alpha value is -0.710. The zero-order chi connectivity index (χ0) is 7.56. The third-order valence-electron chi connectivity index (χ3n) is 0.908. The van der Waals surface area contributed by atoms with Crippen molar-refractivity contribution in [3.05, 3.63) is 11.6 Å². The second-order valence-corrected chi connectivity index (χ2v) is 2.31. The molecule has 1 aromatic rings. The molecule has 0 amide bonds. The van der Waals surface area contributed by atoms with Crippen molar-refractivity contribution >= 4 is 12.1 Å². The predicted octanol–water partition coefficient (Wildman–Crippen LogP) is 1.47. The first-order valence-electron chi connectivity index (χ1n) is 2.70. The van der Waals surface area contributed by atoms with Gasteiger partial charge in [-0.1, -0.05) is 0 Å². The second-order valence-electron chi connectivity index (χ2n) is 1.79. The van der Waals surface area contributed by atoms with Crippen molar-refractivity contribution in [2.75, 3.05) is 0 Å². The van der Waals surface area contributed by atoms with Gasteiger partial charge < -0.3 is 0 Å². The van der Waals surface area contributed by atoms with Crippen LogP contribution in [0, 0.1) is 13.8 Å². The van der Waals surface area contributed by atoms with Gasteiger partial charge in [-0.3, -0.25) is 0 Å². The highest BCUT2D eigenvalue weighted by Gasteiger charge is 1.99. The number of nitrogens with zero attached hydrogens (tertiary/aromatic N) is 3. The monoisotopic (exact) mass is 159 g/mol. The molecule has 0 unspecified atom stereocenters. The smallest absolute Gasteiger partial charge is 0.219 e. The fourth-order valence-corrected chi connectivity index (χ4v) is 0.954. The molecule has 0 aliphatic carbocycles. The molecule has 3 nitrogen and oxygen atoms in total. The molecule has 0 N–H and O–H groups in total. The largest absolute Gasteiger partial charge is 0.224 e. The topological polar surface area (TPSA) is 38.7 Å². The van der Waals surface area contributed by atoms with Gasteiger partial charge in [0.05, 0.1) is 0 Å². The summed E-state index contributed by atoms with van der Waals surface area (Å²) in [6, 6.07) is 0. The lowest BCUT2D eigenvalue weighted by Crippen LogP contribution is -1.96. The molecule has 0 fully saturated rings. The number of aryl methyl sites for hydroxylation is 2. The quantitative estimate of drug-likeness (QED) is 0.622. The van der Waals surface area contributed by atoms with E-state index < -0.39 is 0 Å². The highest BCUT2D eigenvalue weighted by molar-refractivity contribution is 7.94. The molecular weight excluding hydrogens is 153 g/mol. The lowest BCUT2D eigenvalue weighted by atomic mass is 10.6. The molecule has 10 heavy (non-hydrogen) atoms. The summed E-state index contributed by atoms with van der Waals surface area (Å²) in [5.41, 5.74) is 0. The molecule has 1 aromatic heterocycles. The van der Waals surface area contributed by atoms with Gasteiger partial charge in [0, 0.05) is 0 Å². The van der Waals surface area contributed by atoms with E-state index >= 15 is 0 Å². The lowest BCUT2D eigenvalue weighted by molar-refractivity contribution is 0.797. The highest BCUT2D eigenvalue weighted by Crippen LogP contribution is 2.12. The average molecular weight is 159 g/mol. The zero-order valence-corrected chi connectivity index (χ0v) is 6.44. The Morgan fingerprint density at radius 3 is 2.00 bits per heavy atom. The Bertz CT molecular complexity index is 220. The third kappa shape index (κ3) is 1.63. The predicted molar refractivity (Wildman–Crippen MR) is 36.3 cm³/mol. The Morgan fingerprint density at radius 2 is 1.60 bits per heavy atom. The van der Waals surface area contributed by atoms with Crippen molar-refractivity contribution in [1.82, 2.24) is 15.0 Å². The Balaban J connectivity index is 3.06. The summed E-state index contributed by atoms with van der Waals surface area (Å²) < 4.78 is 11.8. The Kier molecular flexibility index (Phi) is 2.16. The maximum atomic E-state index is 11.8. The minimum atomic E-state index is 0.0349. The molecule has 1 rings (SSSR count). The molecule has 1 heterocycles. The van der Waals surface area contributed by atoms with Crippen molar-refractivity contribution in [1.29, 1.82) is 0 Å². The van der Waals surface area contributed by atoms with Crippen LogP contribution in [0.4, 0.5) is 3.89 Å². The van der Waals surface area contributed by atoms with Crippen LogP contribution in [0.5, 0.6) is 0 Å². The van der Waals surface area contributed by atoms with E-state index in [2.05, 4.69) is 15.0 Å². The molecule has 0 atom stereocenters. The van der Waals surface area contributed by atoms with E-state index in [0.29, 0.717) is 11.6 Å². The molecule has 54 valence electrons. The maximum Gasteiger partial charge on any atom is 0.224 e. The molecule has 0 aliphatic rings. The molecule has 0 radical (unpaired) electrons. The van der Waals surface area contributed by atoms with Crippen LogP contribution >= 0.6 is 12.1 Å². The van der Waals surface area contributed by atoms with E-state index in [1.54, 1.807) is 13.8 Å². The summed E-state index contributed by atoms with van der Waals surface area (Å²) >= 11 is 0.0349. The van der Waals surface area contributed by atoms with E-state index in [1.807, 2.05) is 0 Å². The van der Waals surface area contributed by atoms with Gasteiger partial charge in [0.2, 0.25) is 5.16 Å². The minimum absolute atomic E-state index is 0.0349. The van der Waals surface area contributed by atoms with Crippen molar-refractivity contribution in [2.24, 2.45) is 0 Å². The van der Waals surface area contributed by atoms with Gasteiger partial charge in [-0.2, -0.15) is 3.89 Å². The van der Waals surface area contributed by atoms with E-state index in [0.717, 1.165) is 0 Å². The van der Waals surface area contributed by atoms with Gasteiger partial charge in [-0.15, -0.1) is 0 Å². The summed E-state index contributed by atoms with van der Waals surface area (Å²) in [6.07, 6.45) is 0. The first-order chi connectivity index (χ1) is 4.72. The summed E-state index contributed by atoms with van der Waals surface area (Å²) in [5, 5.41) is 0.130. The first kappa shape index (κ1) is 7.40. The van der Waals surface area contributed by atoms with Crippen LogP contribution in [-0.2, 0) is 0 Å². The fraction of sp³-hybridized carbons (Fsp3) is 0.400. The Labute approximate surface area is 62.4 Å². The summed E-state index contributed by atoms with van der Waals surface area (Å²) in [4.78, 5) is 11.3. The van der Waals surface area contributed by atoms with Crippen molar-refractivity contribution < 1.29 is 3.89 Å². The molecule has 0 spiro atoms. The SMILES string of the molecule is Cc1nc(C)nc(SF)n1. The second kappa shape index (κ2) is 2.92. The van der Waals surface area contributed by atoms with Crippen LogP contribution < -0.4 is 0 Å². The summed E-state index contributed by atoms with van der Waals surface area (Å²) in [5.74, 6) is 1.10. The molecule has 0 bridgehead atoms. The molecule has 0 aliphatic heterocycles. The molecule has 5 heteroatoms. The van der Waals surface area contributed by atoms with E-state index in [1.165, 1.54) is 0 Å². The summed E-state index contributed by atoms with van der Waals surface area (Å²) in [7, 11) is 0. The third-order valence-corrected chi connectivity index (χ3v) is 1.23. The maximum absolute atomic E-state index is 11.8. The molecular formula is C5H6FN3S.